The highest BCUT2D eigenvalue weighted by Gasteiger charge is 2.34. The lowest BCUT2D eigenvalue weighted by atomic mass is 10.0. The van der Waals surface area contributed by atoms with Crippen LogP contribution in [-0.2, 0) is 4.79 Å². The topological polar surface area (TPSA) is 84.5 Å². The van der Waals surface area contributed by atoms with Crippen LogP contribution >= 0.6 is 0 Å². The standard InChI is InChI=1S/C11H15N5O/c1-7-3-4-10(14-13-7)16-11(17)9(5-6-12)8(2)15-16/h3-4,9H,5-6,12H2,1-2H3. The van der Waals surface area contributed by atoms with Crippen LogP contribution < -0.4 is 10.7 Å². The summed E-state index contributed by atoms with van der Waals surface area (Å²) >= 11 is 0. The van der Waals surface area contributed by atoms with E-state index < -0.39 is 0 Å². The van der Waals surface area contributed by atoms with Crippen LogP contribution in [0.15, 0.2) is 17.2 Å². The number of carbonyl (C=O) groups excluding carboxylic acids is 1. The molecule has 1 aromatic rings. The molecule has 2 N–H and O–H groups in total. The molecule has 90 valence electrons. The molecule has 6 heteroatoms. The van der Waals surface area contributed by atoms with Crippen LogP contribution in [0.2, 0.25) is 0 Å². The molecule has 1 aromatic heterocycles. The third kappa shape index (κ3) is 2.16. The number of anilines is 1. The average molecular weight is 233 g/mol. The maximum absolute atomic E-state index is 12.1. The van der Waals surface area contributed by atoms with Gasteiger partial charge >= 0.3 is 0 Å². The Morgan fingerprint density at radius 2 is 2.12 bits per heavy atom. The number of aryl methyl sites for hydroxylation is 1. The third-order valence-corrected chi connectivity index (χ3v) is 2.73. The summed E-state index contributed by atoms with van der Waals surface area (Å²) in [6, 6.07) is 3.54. The SMILES string of the molecule is CC1=NN(c2ccc(C)nn2)C(=O)C1CCN. The number of hydrazone groups is 1. The number of aromatic nitrogens is 2. The zero-order valence-electron chi connectivity index (χ0n) is 9.92. The van der Waals surface area contributed by atoms with E-state index in [1.165, 1.54) is 5.01 Å². The third-order valence-electron chi connectivity index (χ3n) is 2.73. The summed E-state index contributed by atoms with van der Waals surface area (Å²) in [5.74, 6) is 0.161. The van der Waals surface area contributed by atoms with Crippen LogP contribution in [0, 0.1) is 12.8 Å². The van der Waals surface area contributed by atoms with Crippen molar-refractivity contribution in [3.05, 3.63) is 17.8 Å². The van der Waals surface area contributed by atoms with E-state index >= 15 is 0 Å². The quantitative estimate of drug-likeness (QED) is 0.822. The lowest BCUT2D eigenvalue weighted by molar-refractivity contribution is -0.119. The van der Waals surface area contributed by atoms with Gasteiger partial charge in [-0.15, -0.1) is 5.10 Å². The van der Waals surface area contributed by atoms with E-state index in [4.69, 9.17) is 5.73 Å². The number of amides is 1. The van der Waals surface area contributed by atoms with Gasteiger partial charge in [0.15, 0.2) is 5.82 Å². The normalized spacial score (nSPS) is 19.7. The molecule has 1 atom stereocenters. The minimum atomic E-state index is -0.219. The van der Waals surface area contributed by atoms with Crippen LogP contribution in [0.3, 0.4) is 0 Å². The number of nitrogens with two attached hydrogens (primary N) is 1. The van der Waals surface area contributed by atoms with Crippen molar-refractivity contribution >= 4 is 17.4 Å². The zero-order chi connectivity index (χ0) is 12.4. The first-order chi connectivity index (χ1) is 8.13. The van der Waals surface area contributed by atoms with Crippen molar-refractivity contribution in [3.63, 3.8) is 0 Å². The van der Waals surface area contributed by atoms with Gasteiger partial charge in [-0.3, -0.25) is 4.79 Å². The molecule has 2 rings (SSSR count). The Labute approximate surface area is 99.5 Å². The average Bonchev–Trinajstić information content (AvgIpc) is 2.59. The molecule has 0 bridgehead atoms. The first-order valence-corrected chi connectivity index (χ1v) is 5.53. The van der Waals surface area contributed by atoms with E-state index in [-0.39, 0.29) is 11.8 Å². The van der Waals surface area contributed by atoms with Gasteiger partial charge in [-0.25, -0.2) is 0 Å². The van der Waals surface area contributed by atoms with Crippen molar-refractivity contribution < 1.29 is 4.79 Å². The van der Waals surface area contributed by atoms with Gasteiger partial charge in [0.05, 0.1) is 11.6 Å². The lowest BCUT2D eigenvalue weighted by Gasteiger charge is -2.12. The number of nitrogens with zero attached hydrogens (tertiary/aromatic N) is 4. The Morgan fingerprint density at radius 3 is 2.71 bits per heavy atom. The van der Waals surface area contributed by atoms with Crippen LogP contribution in [0.25, 0.3) is 0 Å². The molecule has 0 spiro atoms. The number of hydrogen-bond donors (Lipinski definition) is 1. The largest absolute Gasteiger partial charge is 0.330 e. The molecule has 0 radical (unpaired) electrons. The molecule has 0 fully saturated rings. The fourth-order valence-electron chi connectivity index (χ4n) is 1.77. The predicted molar refractivity (Wildman–Crippen MR) is 64.5 cm³/mol. The van der Waals surface area contributed by atoms with Gasteiger partial charge in [-0.05, 0) is 38.9 Å². The Morgan fingerprint density at radius 1 is 1.35 bits per heavy atom. The fourth-order valence-corrected chi connectivity index (χ4v) is 1.77. The van der Waals surface area contributed by atoms with Gasteiger partial charge in [-0.1, -0.05) is 0 Å². The highest BCUT2D eigenvalue weighted by Crippen LogP contribution is 2.23. The Bertz CT molecular complexity index is 453. The molecule has 1 unspecified atom stereocenters. The Hall–Kier alpha value is -1.82. The molecule has 0 aliphatic carbocycles. The van der Waals surface area contributed by atoms with Gasteiger partial charge in [0, 0.05) is 5.71 Å². The molecule has 6 nitrogen and oxygen atoms in total. The lowest BCUT2D eigenvalue weighted by Crippen LogP contribution is -2.29. The summed E-state index contributed by atoms with van der Waals surface area (Å²) in [7, 11) is 0. The maximum atomic E-state index is 12.1. The first kappa shape index (κ1) is 11.7. The van der Waals surface area contributed by atoms with E-state index in [9.17, 15) is 4.79 Å². The van der Waals surface area contributed by atoms with Crippen LogP contribution in [-0.4, -0.2) is 28.4 Å². The molecule has 0 aromatic carbocycles. The Kier molecular flexibility index (Phi) is 3.14. The van der Waals surface area contributed by atoms with Gasteiger partial charge in [0.25, 0.3) is 5.91 Å². The van der Waals surface area contributed by atoms with Gasteiger partial charge in [-0.2, -0.15) is 15.2 Å². The van der Waals surface area contributed by atoms with E-state index in [0.29, 0.717) is 18.8 Å². The van der Waals surface area contributed by atoms with Gasteiger partial charge in [0.2, 0.25) is 0 Å². The molecule has 17 heavy (non-hydrogen) atoms. The van der Waals surface area contributed by atoms with Crippen LogP contribution in [0.1, 0.15) is 19.0 Å². The van der Waals surface area contributed by atoms with Gasteiger partial charge < -0.3 is 5.73 Å². The van der Waals surface area contributed by atoms with Crippen LogP contribution in [0.4, 0.5) is 5.82 Å². The maximum Gasteiger partial charge on any atom is 0.257 e. The highest BCUT2D eigenvalue weighted by molar-refractivity contribution is 6.14. The second-order valence-electron chi connectivity index (χ2n) is 4.05. The molecular weight excluding hydrogens is 218 g/mol. The molecule has 1 aliphatic heterocycles. The summed E-state index contributed by atoms with van der Waals surface area (Å²) in [4.78, 5) is 12.1. The first-order valence-electron chi connectivity index (χ1n) is 5.53. The van der Waals surface area contributed by atoms with E-state index in [1.54, 1.807) is 12.1 Å². The van der Waals surface area contributed by atoms with E-state index in [0.717, 1.165) is 11.4 Å². The fraction of sp³-hybridized carbons (Fsp3) is 0.455. The number of hydrogen-bond acceptors (Lipinski definition) is 5. The number of rotatable bonds is 3. The summed E-state index contributed by atoms with van der Waals surface area (Å²) in [6.07, 6.45) is 0.615. The summed E-state index contributed by atoms with van der Waals surface area (Å²) in [5.41, 5.74) is 7.07. The van der Waals surface area contributed by atoms with Gasteiger partial charge in [0.1, 0.15) is 0 Å². The van der Waals surface area contributed by atoms with Crippen LogP contribution in [0.5, 0.6) is 0 Å². The van der Waals surface area contributed by atoms with E-state index in [1.807, 2.05) is 13.8 Å². The number of carbonyl (C=O) groups is 1. The van der Waals surface area contributed by atoms with Crippen molar-refractivity contribution in [2.75, 3.05) is 11.6 Å². The molecule has 1 amide bonds. The molecule has 2 heterocycles. The molecule has 0 saturated carbocycles. The monoisotopic (exact) mass is 233 g/mol. The van der Waals surface area contributed by atoms with Crippen molar-refractivity contribution in [1.29, 1.82) is 0 Å². The van der Waals surface area contributed by atoms with Crippen molar-refractivity contribution in [3.8, 4) is 0 Å². The minimum absolute atomic E-state index is 0.0777. The van der Waals surface area contributed by atoms with Crippen molar-refractivity contribution in [2.45, 2.75) is 20.3 Å². The second-order valence-corrected chi connectivity index (χ2v) is 4.05. The van der Waals surface area contributed by atoms with Crippen molar-refractivity contribution in [1.82, 2.24) is 10.2 Å². The summed E-state index contributed by atoms with van der Waals surface area (Å²) in [5, 5.41) is 13.4. The zero-order valence-corrected chi connectivity index (χ0v) is 9.92. The predicted octanol–water partition coefficient (Wildman–Crippen LogP) is 0.473. The van der Waals surface area contributed by atoms with E-state index in [2.05, 4.69) is 15.3 Å². The Balaban J connectivity index is 2.24. The summed E-state index contributed by atoms with van der Waals surface area (Å²) in [6.45, 7) is 4.14. The van der Waals surface area contributed by atoms with Crippen molar-refractivity contribution in [2.24, 2.45) is 16.8 Å². The summed E-state index contributed by atoms with van der Waals surface area (Å²) < 4.78 is 0. The second kappa shape index (κ2) is 4.58. The smallest absolute Gasteiger partial charge is 0.257 e. The molecular formula is C11H15N5O. The molecule has 0 saturated heterocycles. The molecule has 1 aliphatic rings. The minimum Gasteiger partial charge on any atom is -0.330 e. The highest BCUT2D eigenvalue weighted by atomic mass is 16.2.